The first-order valence-electron chi connectivity index (χ1n) is 13.6. The highest BCUT2D eigenvalue weighted by Gasteiger charge is 2.30. The van der Waals surface area contributed by atoms with Crippen molar-refractivity contribution >= 4 is 23.1 Å². The predicted molar refractivity (Wildman–Crippen MR) is 147 cm³/mol. The SMILES string of the molecule is CCCCCCCCOc1c(C#N)c(C#N)c(OCCCCCCCC)c2c1Nc1ccccc1S2. The molecule has 0 aliphatic carbocycles. The van der Waals surface area contributed by atoms with Crippen LogP contribution < -0.4 is 14.8 Å². The molecule has 6 heteroatoms. The van der Waals surface area contributed by atoms with Crippen molar-refractivity contribution in [2.24, 2.45) is 0 Å². The van der Waals surface area contributed by atoms with Crippen molar-refractivity contribution in [1.82, 2.24) is 0 Å². The van der Waals surface area contributed by atoms with Gasteiger partial charge in [-0.25, -0.2) is 0 Å². The molecule has 0 atom stereocenters. The van der Waals surface area contributed by atoms with Crippen LogP contribution in [0.15, 0.2) is 34.1 Å². The molecule has 0 saturated heterocycles. The van der Waals surface area contributed by atoms with Crippen LogP contribution in [0, 0.1) is 22.7 Å². The minimum atomic E-state index is 0.257. The summed E-state index contributed by atoms with van der Waals surface area (Å²) in [5.74, 6) is 0.961. The number of hydrogen-bond acceptors (Lipinski definition) is 6. The summed E-state index contributed by atoms with van der Waals surface area (Å²) < 4.78 is 12.5. The largest absolute Gasteiger partial charge is 0.491 e. The van der Waals surface area contributed by atoms with Crippen LogP contribution in [-0.4, -0.2) is 13.2 Å². The van der Waals surface area contributed by atoms with Gasteiger partial charge in [0.2, 0.25) is 0 Å². The molecule has 36 heavy (non-hydrogen) atoms. The molecule has 0 bridgehead atoms. The number of unbranched alkanes of at least 4 members (excludes halogenated alkanes) is 10. The molecule has 0 radical (unpaired) electrons. The molecule has 1 N–H and O–H groups in total. The van der Waals surface area contributed by atoms with Crippen LogP contribution in [0.4, 0.5) is 11.4 Å². The van der Waals surface area contributed by atoms with Crippen LogP contribution in [0.3, 0.4) is 0 Å². The van der Waals surface area contributed by atoms with Gasteiger partial charge in [-0.1, -0.05) is 102 Å². The molecule has 5 nitrogen and oxygen atoms in total. The third kappa shape index (κ3) is 7.34. The standard InChI is InChI=1S/C30H39N3O2S/c1-3-5-7-9-11-15-19-34-28-23(21-31)24(22-32)29(35-20-16-12-10-8-6-4-2)30-27(28)33-25-17-13-14-18-26(25)36-30/h13-14,17-18,33H,3-12,15-16,19-20H2,1-2H3. The molecule has 0 saturated carbocycles. The molecule has 3 rings (SSSR count). The van der Waals surface area contributed by atoms with E-state index < -0.39 is 0 Å². The lowest BCUT2D eigenvalue weighted by Gasteiger charge is -2.27. The molecule has 0 unspecified atom stereocenters. The Balaban J connectivity index is 1.83. The number of para-hydroxylation sites is 1. The Morgan fingerprint density at radius 2 is 1.25 bits per heavy atom. The fourth-order valence-corrected chi connectivity index (χ4v) is 5.50. The van der Waals surface area contributed by atoms with Crippen molar-refractivity contribution in [2.45, 2.75) is 101 Å². The van der Waals surface area contributed by atoms with E-state index >= 15 is 0 Å². The average molecular weight is 506 g/mol. The van der Waals surface area contributed by atoms with Gasteiger partial charge in [0, 0.05) is 4.90 Å². The molecular formula is C30H39N3O2S. The number of nitriles is 2. The van der Waals surface area contributed by atoms with E-state index in [4.69, 9.17) is 9.47 Å². The first kappa shape index (κ1) is 27.8. The van der Waals surface area contributed by atoms with E-state index in [0.29, 0.717) is 24.7 Å². The van der Waals surface area contributed by atoms with E-state index in [1.54, 1.807) is 11.8 Å². The molecule has 0 amide bonds. The maximum Gasteiger partial charge on any atom is 0.163 e. The van der Waals surface area contributed by atoms with Crippen molar-refractivity contribution in [3.05, 3.63) is 35.4 Å². The van der Waals surface area contributed by atoms with Crippen molar-refractivity contribution in [1.29, 1.82) is 10.5 Å². The summed E-state index contributed by atoms with van der Waals surface area (Å²) in [6.45, 7) is 5.47. The second kappa shape index (κ2) is 15.3. The summed E-state index contributed by atoms with van der Waals surface area (Å²) in [6.07, 6.45) is 13.9. The Labute approximate surface area is 221 Å². The highest BCUT2D eigenvalue weighted by molar-refractivity contribution is 7.99. The lowest BCUT2D eigenvalue weighted by molar-refractivity contribution is 0.290. The summed E-state index contributed by atoms with van der Waals surface area (Å²) in [4.78, 5) is 1.89. The number of fused-ring (bicyclic) bond motifs is 2. The van der Waals surface area contributed by atoms with Gasteiger partial charge in [0.1, 0.15) is 29.0 Å². The first-order chi connectivity index (χ1) is 17.7. The molecule has 0 spiro atoms. The van der Waals surface area contributed by atoms with Crippen molar-refractivity contribution in [3.63, 3.8) is 0 Å². The number of hydrogen-bond donors (Lipinski definition) is 1. The second-order valence-corrected chi connectivity index (χ2v) is 10.3. The molecule has 2 aromatic carbocycles. The van der Waals surface area contributed by atoms with Gasteiger partial charge in [-0.05, 0) is 25.0 Å². The van der Waals surface area contributed by atoms with Crippen LogP contribution in [0.25, 0.3) is 0 Å². The zero-order valence-electron chi connectivity index (χ0n) is 21.8. The van der Waals surface area contributed by atoms with Gasteiger partial charge >= 0.3 is 0 Å². The van der Waals surface area contributed by atoms with Crippen LogP contribution >= 0.6 is 11.8 Å². The highest BCUT2D eigenvalue weighted by Crippen LogP contribution is 2.54. The summed E-state index contributed by atoms with van der Waals surface area (Å²) in [5, 5.41) is 23.6. The van der Waals surface area contributed by atoms with Gasteiger partial charge in [-0.2, -0.15) is 10.5 Å². The van der Waals surface area contributed by atoms with Crippen molar-refractivity contribution in [2.75, 3.05) is 18.5 Å². The first-order valence-corrected chi connectivity index (χ1v) is 14.4. The fraction of sp³-hybridized carbons (Fsp3) is 0.533. The Kier molecular flexibility index (Phi) is 11.8. The third-order valence-corrected chi connectivity index (χ3v) is 7.60. The second-order valence-electron chi connectivity index (χ2n) is 9.29. The number of benzene rings is 2. The van der Waals surface area contributed by atoms with E-state index in [1.165, 1.54) is 51.4 Å². The number of ether oxygens (including phenoxy) is 2. The quantitative estimate of drug-likeness (QED) is 0.196. The molecule has 192 valence electrons. The van der Waals surface area contributed by atoms with Crippen LogP contribution in [0.1, 0.15) is 102 Å². The minimum absolute atomic E-state index is 0.257. The van der Waals surface area contributed by atoms with E-state index in [2.05, 4.69) is 37.4 Å². The number of rotatable bonds is 16. The Morgan fingerprint density at radius 1 is 0.722 bits per heavy atom. The summed E-state index contributed by atoms with van der Waals surface area (Å²) >= 11 is 1.57. The monoisotopic (exact) mass is 505 g/mol. The van der Waals surface area contributed by atoms with Crippen LogP contribution in [-0.2, 0) is 0 Å². The number of nitrogens with zero attached hydrogens (tertiary/aromatic N) is 2. The molecule has 2 aromatic rings. The lowest BCUT2D eigenvalue weighted by atomic mass is 10.0. The Morgan fingerprint density at radius 3 is 1.86 bits per heavy atom. The third-order valence-electron chi connectivity index (χ3n) is 6.44. The normalized spacial score (nSPS) is 11.6. The summed E-state index contributed by atoms with van der Waals surface area (Å²) in [6, 6.07) is 12.6. The maximum atomic E-state index is 10.1. The maximum absolute atomic E-state index is 10.1. The fourth-order valence-electron chi connectivity index (χ4n) is 4.41. The zero-order chi connectivity index (χ0) is 25.6. The predicted octanol–water partition coefficient (Wildman–Crippen LogP) is 9.12. The van der Waals surface area contributed by atoms with Crippen molar-refractivity contribution < 1.29 is 9.47 Å². The van der Waals surface area contributed by atoms with E-state index in [1.807, 2.05) is 18.2 Å². The average Bonchev–Trinajstić information content (AvgIpc) is 2.91. The van der Waals surface area contributed by atoms with Crippen LogP contribution in [0.5, 0.6) is 11.5 Å². The van der Waals surface area contributed by atoms with E-state index in [9.17, 15) is 10.5 Å². The molecule has 1 heterocycles. The lowest BCUT2D eigenvalue weighted by Crippen LogP contribution is -2.11. The summed E-state index contributed by atoms with van der Waals surface area (Å²) in [5.41, 5.74) is 2.23. The molecule has 1 aliphatic heterocycles. The van der Waals surface area contributed by atoms with E-state index in [-0.39, 0.29) is 11.1 Å². The Hall–Kier alpha value is -2.83. The molecule has 0 fully saturated rings. The summed E-state index contributed by atoms with van der Waals surface area (Å²) in [7, 11) is 0. The van der Waals surface area contributed by atoms with Gasteiger partial charge in [-0.3, -0.25) is 0 Å². The Bertz CT molecular complexity index is 987. The minimum Gasteiger partial charge on any atom is -0.491 e. The highest BCUT2D eigenvalue weighted by atomic mass is 32.2. The van der Waals surface area contributed by atoms with Gasteiger partial charge in [0.25, 0.3) is 0 Å². The van der Waals surface area contributed by atoms with Gasteiger partial charge < -0.3 is 14.8 Å². The van der Waals surface area contributed by atoms with Gasteiger partial charge in [0.15, 0.2) is 11.5 Å². The van der Waals surface area contributed by atoms with Gasteiger partial charge in [-0.15, -0.1) is 0 Å². The number of nitrogens with one attached hydrogen (secondary N) is 1. The molecule has 0 aromatic heterocycles. The van der Waals surface area contributed by atoms with E-state index in [0.717, 1.165) is 46.8 Å². The number of anilines is 2. The zero-order valence-corrected chi connectivity index (χ0v) is 22.6. The molecule has 1 aliphatic rings. The smallest absolute Gasteiger partial charge is 0.163 e. The van der Waals surface area contributed by atoms with Gasteiger partial charge in [0.05, 0.1) is 23.8 Å². The topological polar surface area (TPSA) is 78.1 Å². The van der Waals surface area contributed by atoms with Crippen LogP contribution in [0.2, 0.25) is 0 Å². The van der Waals surface area contributed by atoms with Crippen molar-refractivity contribution in [3.8, 4) is 23.6 Å². The molecular weight excluding hydrogens is 466 g/mol.